The lowest BCUT2D eigenvalue weighted by molar-refractivity contribution is -0.130. The highest BCUT2D eigenvalue weighted by molar-refractivity contribution is 6.05. The van der Waals surface area contributed by atoms with Crippen molar-refractivity contribution in [2.45, 2.75) is 0 Å². The summed E-state index contributed by atoms with van der Waals surface area (Å²) < 4.78 is 18.4. The van der Waals surface area contributed by atoms with Crippen LogP contribution in [0.1, 0.15) is 10.4 Å². The van der Waals surface area contributed by atoms with Gasteiger partial charge in [0.05, 0.1) is 16.8 Å². The summed E-state index contributed by atoms with van der Waals surface area (Å²) in [4.78, 5) is 41.9. The topological polar surface area (TPSA) is 88.6 Å². The van der Waals surface area contributed by atoms with Crippen LogP contribution in [0.2, 0.25) is 0 Å². The van der Waals surface area contributed by atoms with E-state index in [1.54, 1.807) is 42.5 Å². The van der Waals surface area contributed by atoms with Gasteiger partial charge in [0.2, 0.25) is 0 Å². The molecule has 1 N–H and O–H groups in total. The van der Waals surface area contributed by atoms with E-state index in [-0.39, 0.29) is 17.9 Å². The quantitative estimate of drug-likeness (QED) is 0.689. The number of pyridine rings is 1. The van der Waals surface area contributed by atoms with Crippen molar-refractivity contribution in [3.8, 4) is 11.3 Å². The highest BCUT2D eigenvalue weighted by Crippen LogP contribution is 2.25. The standard InChI is InChI=1S/C21H16FN3O4/c22-14-7-5-13(6-8-14)18-11-16(15-3-1-2-4-17(15)24-18)20(27)29-12-19(26)25-10-9-23-21(25)28/h1-8,11H,9-10,12H2,(H,23,28). The molecule has 0 saturated carbocycles. The van der Waals surface area contributed by atoms with E-state index >= 15 is 0 Å². The molecule has 29 heavy (non-hydrogen) atoms. The number of carbonyl (C=O) groups excluding carboxylic acids is 3. The fraction of sp³-hybridized carbons (Fsp3) is 0.143. The second-order valence-corrected chi connectivity index (χ2v) is 6.43. The lowest BCUT2D eigenvalue weighted by Gasteiger charge is -2.13. The summed E-state index contributed by atoms with van der Waals surface area (Å²) >= 11 is 0. The molecule has 1 aliphatic heterocycles. The molecule has 1 aromatic heterocycles. The van der Waals surface area contributed by atoms with Crippen molar-refractivity contribution in [3.63, 3.8) is 0 Å². The molecule has 3 amide bonds. The number of aromatic nitrogens is 1. The largest absolute Gasteiger partial charge is 0.452 e. The fourth-order valence-corrected chi connectivity index (χ4v) is 3.11. The van der Waals surface area contributed by atoms with E-state index in [9.17, 15) is 18.8 Å². The lowest BCUT2D eigenvalue weighted by atomic mass is 10.0. The van der Waals surface area contributed by atoms with Crippen LogP contribution in [-0.4, -0.2) is 47.5 Å². The van der Waals surface area contributed by atoms with E-state index in [2.05, 4.69) is 10.3 Å². The molecule has 3 aromatic rings. The number of hydrogen-bond acceptors (Lipinski definition) is 5. The van der Waals surface area contributed by atoms with E-state index in [0.717, 1.165) is 4.90 Å². The van der Waals surface area contributed by atoms with Crippen LogP contribution < -0.4 is 5.32 Å². The maximum absolute atomic E-state index is 13.2. The van der Waals surface area contributed by atoms with Crippen molar-refractivity contribution in [2.75, 3.05) is 19.7 Å². The number of nitrogens with zero attached hydrogens (tertiary/aromatic N) is 2. The number of amides is 3. The van der Waals surface area contributed by atoms with Crippen LogP contribution in [0.3, 0.4) is 0 Å². The zero-order valence-corrected chi connectivity index (χ0v) is 15.2. The minimum absolute atomic E-state index is 0.230. The highest BCUT2D eigenvalue weighted by Gasteiger charge is 2.27. The predicted octanol–water partition coefficient (Wildman–Crippen LogP) is 2.75. The lowest BCUT2D eigenvalue weighted by Crippen LogP contribution is -2.37. The third kappa shape index (κ3) is 3.77. The maximum Gasteiger partial charge on any atom is 0.339 e. The van der Waals surface area contributed by atoms with Gasteiger partial charge in [-0.15, -0.1) is 0 Å². The molecule has 0 aliphatic carbocycles. The van der Waals surface area contributed by atoms with Crippen LogP contribution in [0.4, 0.5) is 9.18 Å². The van der Waals surface area contributed by atoms with Gasteiger partial charge in [-0.2, -0.15) is 0 Å². The Morgan fingerprint density at radius 2 is 1.90 bits per heavy atom. The Bertz CT molecular complexity index is 1110. The first-order valence-corrected chi connectivity index (χ1v) is 8.94. The zero-order chi connectivity index (χ0) is 20.4. The minimum atomic E-state index is -0.708. The second kappa shape index (κ2) is 7.67. The predicted molar refractivity (Wildman–Crippen MR) is 103 cm³/mol. The van der Waals surface area contributed by atoms with Crippen LogP contribution in [0.5, 0.6) is 0 Å². The SMILES string of the molecule is O=C(OCC(=O)N1CCNC1=O)c1cc(-c2ccc(F)cc2)nc2ccccc12. The van der Waals surface area contributed by atoms with Crippen LogP contribution in [-0.2, 0) is 9.53 Å². The normalized spacial score (nSPS) is 13.4. The molecule has 1 aliphatic rings. The molecule has 2 aromatic carbocycles. The van der Waals surface area contributed by atoms with E-state index in [1.165, 1.54) is 12.1 Å². The Morgan fingerprint density at radius 1 is 1.14 bits per heavy atom. The highest BCUT2D eigenvalue weighted by atomic mass is 19.1. The van der Waals surface area contributed by atoms with Crippen LogP contribution in [0.15, 0.2) is 54.6 Å². The number of para-hydroxylation sites is 1. The van der Waals surface area contributed by atoms with Gasteiger partial charge < -0.3 is 10.1 Å². The summed E-state index contributed by atoms with van der Waals surface area (Å²) in [6.07, 6.45) is 0. The van der Waals surface area contributed by atoms with Gasteiger partial charge in [-0.3, -0.25) is 9.69 Å². The average Bonchev–Trinajstić information content (AvgIpc) is 3.17. The molecule has 0 radical (unpaired) electrons. The number of nitrogens with one attached hydrogen (secondary N) is 1. The van der Waals surface area contributed by atoms with Crippen molar-refractivity contribution in [1.29, 1.82) is 0 Å². The number of rotatable bonds is 4. The number of esters is 1. The smallest absolute Gasteiger partial charge is 0.339 e. The molecule has 146 valence electrons. The minimum Gasteiger partial charge on any atom is -0.452 e. The van der Waals surface area contributed by atoms with Gasteiger partial charge in [0.25, 0.3) is 5.91 Å². The second-order valence-electron chi connectivity index (χ2n) is 6.43. The van der Waals surface area contributed by atoms with E-state index in [4.69, 9.17) is 4.74 Å². The molecule has 0 unspecified atom stereocenters. The van der Waals surface area contributed by atoms with Gasteiger partial charge in [0.1, 0.15) is 5.82 Å². The third-order valence-corrected chi connectivity index (χ3v) is 4.56. The van der Waals surface area contributed by atoms with E-state index in [1.807, 2.05) is 0 Å². The average molecular weight is 393 g/mol. The Kier molecular flexibility index (Phi) is 4.90. The van der Waals surface area contributed by atoms with Gasteiger partial charge in [0, 0.05) is 24.0 Å². The molecule has 0 spiro atoms. The summed E-state index contributed by atoms with van der Waals surface area (Å²) in [6, 6.07) is 13.8. The van der Waals surface area contributed by atoms with Gasteiger partial charge in [-0.25, -0.2) is 19.0 Å². The van der Waals surface area contributed by atoms with E-state index < -0.39 is 24.5 Å². The van der Waals surface area contributed by atoms with E-state index in [0.29, 0.717) is 28.7 Å². The maximum atomic E-state index is 13.2. The molecule has 8 heteroatoms. The summed E-state index contributed by atoms with van der Waals surface area (Å²) in [5, 5.41) is 3.08. The van der Waals surface area contributed by atoms with Crippen molar-refractivity contribution >= 4 is 28.8 Å². The number of imide groups is 1. The molecular weight excluding hydrogens is 377 g/mol. The summed E-state index contributed by atoms with van der Waals surface area (Å²) in [6.45, 7) is 0.0610. The van der Waals surface area contributed by atoms with Crippen LogP contribution in [0.25, 0.3) is 22.2 Å². The zero-order valence-electron chi connectivity index (χ0n) is 15.2. The molecule has 0 atom stereocenters. The summed E-state index contributed by atoms with van der Waals surface area (Å²) in [5.74, 6) is -1.68. The first-order valence-electron chi connectivity index (χ1n) is 8.94. The monoisotopic (exact) mass is 393 g/mol. The Hall–Kier alpha value is -3.81. The first kappa shape index (κ1) is 18.5. The van der Waals surface area contributed by atoms with Crippen LogP contribution in [0, 0.1) is 5.82 Å². The number of halogens is 1. The third-order valence-electron chi connectivity index (χ3n) is 4.56. The Morgan fingerprint density at radius 3 is 2.62 bits per heavy atom. The first-order chi connectivity index (χ1) is 14.0. The van der Waals surface area contributed by atoms with Gasteiger partial charge in [-0.1, -0.05) is 18.2 Å². The fourth-order valence-electron chi connectivity index (χ4n) is 3.11. The molecule has 2 heterocycles. The van der Waals surface area contributed by atoms with Crippen molar-refractivity contribution in [3.05, 3.63) is 66.0 Å². The molecule has 1 fully saturated rings. The van der Waals surface area contributed by atoms with Gasteiger partial charge in [0.15, 0.2) is 6.61 Å². The summed E-state index contributed by atoms with van der Waals surface area (Å²) in [5.41, 5.74) is 1.90. The van der Waals surface area contributed by atoms with Crippen molar-refractivity contribution < 1.29 is 23.5 Å². The molecule has 0 bridgehead atoms. The van der Waals surface area contributed by atoms with Gasteiger partial charge >= 0.3 is 12.0 Å². The molecule has 7 nitrogen and oxygen atoms in total. The molecule has 4 rings (SSSR count). The number of carbonyl (C=O) groups is 3. The number of hydrogen-bond donors (Lipinski definition) is 1. The summed E-state index contributed by atoms with van der Waals surface area (Å²) in [7, 11) is 0. The Balaban J connectivity index is 1.63. The van der Waals surface area contributed by atoms with Crippen molar-refractivity contribution in [1.82, 2.24) is 15.2 Å². The van der Waals surface area contributed by atoms with Crippen LogP contribution >= 0.6 is 0 Å². The number of ether oxygens (including phenoxy) is 1. The molecular formula is C21H16FN3O4. The molecule has 1 saturated heterocycles. The van der Waals surface area contributed by atoms with Gasteiger partial charge in [-0.05, 0) is 36.4 Å². The number of urea groups is 1. The Labute approximate surface area is 165 Å². The number of fused-ring (bicyclic) bond motifs is 1. The van der Waals surface area contributed by atoms with Crippen molar-refractivity contribution in [2.24, 2.45) is 0 Å². The number of benzene rings is 2.